The molecule has 7 heteroatoms. The highest BCUT2D eigenvalue weighted by atomic mass is 16.4. The summed E-state index contributed by atoms with van der Waals surface area (Å²) in [6, 6.07) is 1.93. The van der Waals surface area contributed by atoms with Crippen LogP contribution in [-0.4, -0.2) is 30.8 Å². The van der Waals surface area contributed by atoms with Gasteiger partial charge < -0.3 is 10.4 Å². The molecule has 0 saturated carbocycles. The standard InChI is InChI=1S/C14H19N5O2/c1-5-10-6-9(2)16-13(17-10)18-11-7-15-19(8-11)14(3,4)12(20)21/h6-8H,5H2,1-4H3,(H,20,21)(H,16,17,18). The Morgan fingerprint density at radius 2 is 2.14 bits per heavy atom. The first-order valence-electron chi connectivity index (χ1n) is 6.73. The number of carboxylic acids is 1. The quantitative estimate of drug-likeness (QED) is 0.875. The molecule has 0 fully saturated rings. The number of rotatable bonds is 5. The Bertz CT molecular complexity index is 663. The summed E-state index contributed by atoms with van der Waals surface area (Å²) in [6.45, 7) is 7.11. The summed E-state index contributed by atoms with van der Waals surface area (Å²) in [5.41, 5.74) is 1.37. The third kappa shape index (κ3) is 3.18. The summed E-state index contributed by atoms with van der Waals surface area (Å²) in [5.74, 6) is -0.461. The van der Waals surface area contributed by atoms with Crippen LogP contribution in [0, 0.1) is 6.92 Å². The fourth-order valence-corrected chi connectivity index (χ4v) is 1.79. The van der Waals surface area contributed by atoms with Crippen molar-refractivity contribution >= 4 is 17.6 Å². The highest BCUT2D eigenvalue weighted by Gasteiger charge is 2.30. The van der Waals surface area contributed by atoms with Gasteiger partial charge in [-0.1, -0.05) is 6.92 Å². The van der Waals surface area contributed by atoms with Crippen molar-refractivity contribution in [3.63, 3.8) is 0 Å². The Balaban J connectivity index is 2.24. The van der Waals surface area contributed by atoms with Gasteiger partial charge in [-0.2, -0.15) is 5.10 Å². The summed E-state index contributed by atoms with van der Waals surface area (Å²) < 4.78 is 1.40. The zero-order chi connectivity index (χ0) is 15.6. The summed E-state index contributed by atoms with van der Waals surface area (Å²) in [6.07, 6.45) is 4.01. The number of aromatic nitrogens is 4. The number of nitrogens with one attached hydrogen (secondary N) is 1. The van der Waals surface area contributed by atoms with Crippen molar-refractivity contribution in [3.05, 3.63) is 29.8 Å². The molecule has 0 atom stereocenters. The average Bonchev–Trinajstić information content (AvgIpc) is 2.86. The molecule has 2 aromatic heterocycles. The van der Waals surface area contributed by atoms with Gasteiger partial charge in [-0.25, -0.2) is 14.8 Å². The maximum atomic E-state index is 11.2. The van der Waals surface area contributed by atoms with Crippen LogP contribution in [0.1, 0.15) is 32.2 Å². The van der Waals surface area contributed by atoms with E-state index in [1.54, 1.807) is 26.2 Å². The number of hydrogen-bond donors (Lipinski definition) is 2. The van der Waals surface area contributed by atoms with Gasteiger partial charge >= 0.3 is 5.97 Å². The van der Waals surface area contributed by atoms with Crippen molar-refractivity contribution in [3.8, 4) is 0 Å². The molecular weight excluding hydrogens is 270 g/mol. The number of aryl methyl sites for hydroxylation is 2. The Hall–Kier alpha value is -2.44. The maximum Gasteiger partial charge on any atom is 0.331 e. The molecule has 0 unspecified atom stereocenters. The number of anilines is 2. The average molecular weight is 289 g/mol. The lowest BCUT2D eigenvalue weighted by Gasteiger charge is -2.19. The molecule has 0 saturated heterocycles. The van der Waals surface area contributed by atoms with Gasteiger partial charge in [0.1, 0.15) is 0 Å². The number of nitrogens with zero attached hydrogens (tertiary/aromatic N) is 4. The molecular formula is C14H19N5O2. The number of hydrogen-bond acceptors (Lipinski definition) is 5. The lowest BCUT2D eigenvalue weighted by atomic mass is 10.1. The van der Waals surface area contributed by atoms with E-state index in [4.69, 9.17) is 0 Å². The molecule has 0 aliphatic heterocycles. The monoisotopic (exact) mass is 289 g/mol. The molecule has 2 N–H and O–H groups in total. The van der Waals surface area contributed by atoms with Gasteiger partial charge in [-0.15, -0.1) is 0 Å². The Labute approximate surface area is 123 Å². The third-order valence-corrected chi connectivity index (χ3v) is 3.20. The van der Waals surface area contributed by atoms with Crippen molar-refractivity contribution in [2.45, 2.75) is 39.7 Å². The lowest BCUT2D eigenvalue weighted by Crippen LogP contribution is -2.35. The van der Waals surface area contributed by atoms with Gasteiger partial charge in [-0.05, 0) is 33.3 Å². The van der Waals surface area contributed by atoms with Crippen LogP contribution < -0.4 is 5.32 Å². The molecule has 2 heterocycles. The van der Waals surface area contributed by atoms with E-state index >= 15 is 0 Å². The van der Waals surface area contributed by atoms with Crippen LogP contribution in [0.5, 0.6) is 0 Å². The van der Waals surface area contributed by atoms with Crippen LogP contribution in [0.4, 0.5) is 11.6 Å². The van der Waals surface area contributed by atoms with E-state index in [1.807, 2.05) is 19.9 Å². The summed E-state index contributed by atoms with van der Waals surface area (Å²) in [5, 5.41) is 16.3. The molecule has 112 valence electrons. The fourth-order valence-electron chi connectivity index (χ4n) is 1.79. The van der Waals surface area contributed by atoms with Gasteiger partial charge in [-0.3, -0.25) is 4.68 Å². The highest BCUT2D eigenvalue weighted by molar-refractivity contribution is 5.75. The summed E-state index contributed by atoms with van der Waals surface area (Å²) in [4.78, 5) is 19.9. The highest BCUT2D eigenvalue weighted by Crippen LogP contribution is 2.19. The minimum Gasteiger partial charge on any atom is -0.479 e. The molecule has 0 aliphatic rings. The first kappa shape index (κ1) is 15.0. The van der Waals surface area contributed by atoms with Crippen LogP contribution >= 0.6 is 0 Å². The summed E-state index contributed by atoms with van der Waals surface area (Å²) >= 11 is 0. The Morgan fingerprint density at radius 1 is 1.43 bits per heavy atom. The molecule has 0 radical (unpaired) electrons. The third-order valence-electron chi connectivity index (χ3n) is 3.20. The van der Waals surface area contributed by atoms with Gasteiger partial charge in [0.05, 0.1) is 11.9 Å². The second-order valence-electron chi connectivity index (χ2n) is 5.34. The first-order valence-corrected chi connectivity index (χ1v) is 6.73. The predicted octanol–water partition coefficient (Wildman–Crippen LogP) is 2.11. The molecule has 2 rings (SSSR count). The zero-order valence-corrected chi connectivity index (χ0v) is 12.6. The minimum absolute atomic E-state index is 0.486. The van der Waals surface area contributed by atoms with E-state index in [-0.39, 0.29) is 0 Å². The van der Waals surface area contributed by atoms with Crippen molar-refractivity contribution in [2.75, 3.05) is 5.32 Å². The largest absolute Gasteiger partial charge is 0.479 e. The van der Waals surface area contributed by atoms with E-state index in [9.17, 15) is 9.90 Å². The van der Waals surface area contributed by atoms with E-state index in [0.717, 1.165) is 17.8 Å². The molecule has 0 spiro atoms. The van der Waals surface area contributed by atoms with E-state index in [0.29, 0.717) is 11.6 Å². The van der Waals surface area contributed by atoms with Gasteiger partial charge in [0.2, 0.25) is 5.95 Å². The van der Waals surface area contributed by atoms with Crippen LogP contribution in [0.15, 0.2) is 18.5 Å². The van der Waals surface area contributed by atoms with Gasteiger partial charge in [0.25, 0.3) is 0 Å². The zero-order valence-electron chi connectivity index (χ0n) is 12.6. The van der Waals surface area contributed by atoms with Crippen molar-refractivity contribution < 1.29 is 9.90 Å². The van der Waals surface area contributed by atoms with E-state index < -0.39 is 11.5 Å². The molecule has 0 amide bonds. The molecule has 0 bridgehead atoms. The molecule has 2 aromatic rings. The van der Waals surface area contributed by atoms with Crippen molar-refractivity contribution in [2.24, 2.45) is 0 Å². The normalized spacial score (nSPS) is 11.4. The number of aliphatic carboxylic acids is 1. The molecule has 7 nitrogen and oxygen atoms in total. The number of carbonyl (C=O) groups is 1. The van der Waals surface area contributed by atoms with Crippen LogP contribution in [0.3, 0.4) is 0 Å². The fraction of sp³-hybridized carbons (Fsp3) is 0.429. The maximum absolute atomic E-state index is 11.2. The topological polar surface area (TPSA) is 92.9 Å². The molecule has 0 aromatic carbocycles. The minimum atomic E-state index is -1.11. The van der Waals surface area contributed by atoms with Crippen molar-refractivity contribution in [1.82, 2.24) is 19.7 Å². The molecule has 21 heavy (non-hydrogen) atoms. The SMILES string of the molecule is CCc1cc(C)nc(Nc2cnn(C(C)(C)C(=O)O)c2)n1. The van der Waals surface area contributed by atoms with Crippen LogP contribution in [0.25, 0.3) is 0 Å². The van der Waals surface area contributed by atoms with Gasteiger partial charge in [0, 0.05) is 17.6 Å². The van der Waals surface area contributed by atoms with Crippen LogP contribution in [-0.2, 0) is 16.8 Å². The number of carboxylic acid groups (broad SMARTS) is 1. The summed E-state index contributed by atoms with van der Waals surface area (Å²) in [7, 11) is 0. The van der Waals surface area contributed by atoms with E-state index in [1.165, 1.54) is 4.68 Å². The Morgan fingerprint density at radius 3 is 2.76 bits per heavy atom. The predicted molar refractivity (Wildman–Crippen MR) is 78.6 cm³/mol. The van der Waals surface area contributed by atoms with E-state index in [2.05, 4.69) is 20.4 Å². The van der Waals surface area contributed by atoms with Crippen LogP contribution in [0.2, 0.25) is 0 Å². The van der Waals surface area contributed by atoms with Gasteiger partial charge in [0.15, 0.2) is 5.54 Å². The smallest absolute Gasteiger partial charge is 0.331 e. The second kappa shape index (κ2) is 5.51. The van der Waals surface area contributed by atoms with Crippen molar-refractivity contribution in [1.29, 1.82) is 0 Å². The molecule has 0 aliphatic carbocycles. The second-order valence-corrected chi connectivity index (χ2v) is 5.34. The first-order chi connectivity index (χ1) is 9.82. The Kier molecular flexibility index (Phi) is 3.93. The lowest BCUT2D eigenvalue weighted by molar-refractivity contribution is -0.146.